The number of hydrogen-bond donors (Lipinski definition) is 1. The lowest BCUT2D eigenvalue weighted by Gasteiger charge is -2.26. The second-order valence-electron chi connectivity index (χ2n) is 7.21. The van der Waals surface area contributed by atoms with Crippen molar-refractivity contribution in [3.8, 4) is 5.75 Å². The van der Waals surface area contributed by atoms with Gasteiger partial charge in [-0.05, 0) is 62.0 Å². The van der Waals surface area contributed by atoms with E-state index in [-0.39, 0.29) is 18.6 Å². The Morgan fingerprint density at radius 2 is 2.00 bits per heavy atom. The summed E-state index contributed by atoms with van der Waals surface area (Å²) in [4.78, 5) is 14.7. The van der Waals surface area contributed by atoms with Crippen molar-refractivity contribution in [1.29, 1.82) is 0 Å². The van der Waals surface area contributed by atoms with Gasteiger partial charge in [-0.3, -0.25) is 9.69 Å². The van der Waals surface area contributed by atoms with Crippen LogP contribution in [0.1, 0.15) is 56.4 Å². The van der Waals surface area contributed by atoms with Gasteiger partial charge in [0.05, 0.1) is 12.3 Å². The molecule has 1 N–H and O–H groups in total. The molecule has 0 saturated carbocycles. The molecule has 0 spiro atoms. The summed E-state index contributed by atoms with van der Waals surface area (Å²) < 4.78 is 11.4. The van der Waals surface area contributed by atoms with E-state index < -0.39 is 0 Å². The summed E-state index contributed by atoms with van der Waals surface area (Å²) in [5.41, 5.74) is 1.15. The Labute approximate surface area is 161 Å². The van der Waals surface area contributed by atoms with Gasteiger partial charge in [-0.1, -0.05) is 32.0 Å². The van der Waals surface area contributed by atoms with E-state index in [9.17, 15) is 4.79 Å². The summed E-state index contributed by atoms with van der Waals surface area (Å²) in [6.45, 7) is 6.97. The third-order valence-corrected chi connectivity index (χ3v) is 5.37. The minimum absolute atomic E-state index is 0.0261. The number of benzene rings is 1. The van der Waals surface area contributed by atoms with Gasteiger partial charge in [0.25, 0.3) is 5.91 Å². The molecule has 146 valence electrons. The Balaban J connectivity index is 1.54. The van der Waals surface area contributed by atoms with Crippen LogP contribution in [0, 0.1) is 0 Å². The van der Waals surface area contributed by atoms with Crippen molar-refractivity contribution in [3.05, 3.63) is 54.0 Å². The highest BCUT2D eigenvalue weighted by Crippen LogP contribution is 2.28. The first-order valence-electron chi connectivity index (χ1n) is 9.95. The van der Waals surface area contributed by atoms with Gasteiger partial charge in [-0.2, -0.15) is 0 Å². The van der Waals surface area contributed by atoms with Crippen molar-refractivity contribution < 1.29 is 13.9 Å². The van der Waals surface area contributed by atoms with E-state index in [4.69, 9.17) is 9.15 Å². The number of amides is 1. The molecular weight excluding hydrogens is 340 g/mol. The molecule has 2 unspecified atom stereocenters. The van der Waals surface area contributed by atoms with Gasteiger partial charge in [0.15, 0.2) is 6.61 Å². The van der Waals surface area contributed by atoms with Crippen molar-refractivity contribution in [2.24, 2.45) is 0 Å². The maximum absolute atomic E-state index is 12.4. The van der Waals surface area contributed by atoms with Gasteiger partial charge in [0, 0.05) is 6.54 Å². The summed E-state index contributed by atoms with van der Waals surface area (Å²) in [6.07, 6.45) is 5.11. The lowest BCUT2D eigenvalue weighted by Crippen LogP contribution is -2.38. The van der Waals surface area contributed by atoms with Gasteiger partial charge in [0.2, 0.25) is 0 Å². The number of carbonyl (C=O) groups excluding carboxylic acids is 1. The molecule has 2 heterocycles. The summed E-state index contributed by atoms with van der Waals surface area (Å²) in [6, 6.07) is 11.9. The number of para-hydroxylation sites is 1. The number of likely N-dealkylation sites (tertiary alicyclic amines) is 1. The van der Waals surface area contributed by atoms with Crippen molar-refractivity contribution in [2.75, 3.05) is 26.2 Å². The number of nitrogens with zero attached hydrogens (tertiary/aromatic N) is 1. The van der Waals surface area contributed by atoms with E-state index in [0.29, 0.717) is 12.5 Å². The number of hydrogen-bond acceptors (Lipinski definition) is 4. The molecule has 5 heteroatoms. The molecule has 3 rings (SSSR count). The van der Waals surface area contributed by atoms with Crippen molar-refractivity contribution in [1.82, 2.24) is 10.2 Å². The Morgan fingerprint density at radius 3 is 2.70 bits per heavy atom. The van der Waals surface area contributed by atoms with Gasteiger partial charge in [0.1, 0.15) is 11.5 Å². The Morgan fingerprint density at radius 1 is 1.22 bits per heavy atom. The first-order valence-corrected chi connectivity index (χ1v) is 9.95. The fraction of sp³-hybridized carbons (Fsp3) is 0.500. The van der Waals surface area contributed by atoms with Crippen LogP contribution in [-0.4, -0.2) is 37.0 Å². The number of nitrogens with one attached hydrogen (secondary N) is 1. The molecule has 27 heavy (non-hydrogen) atoms. The molecule has 0 bridgehead atoms. The molecule has 1 amide bonds. The van der Waals surface area contributed by atoms with Crippen molar-refractivity contribution in [2.45, 2.75) is 45.1 Å². The minimum atomic E-state index is -0.107. The highest BCUT2D eigenvalue weighted by molar-refractivity contribution is 5.77. The van der Waals surface area contributed by atoms with E-state index in [1.54, 1.807) is 6.26 Å². The number of ether oxygens (including phenoxy) is 1. The maximum atomic E-state index is 12.4. The highest BCUT2D eigenvalue weighted by atomic mass is 16.5. The van der Waals surface area contributed by atoms with Crippen LogP contribution in [0.5, 0.6) is 5.75 Å². The number of furan rings is 1. The monoisotopic (exact) mass is 370 g/mol. The third-order valence-electron chi connectivity index (χ3n) is 5.37. The van der Waals surface area contributed by atoms with Crippen LogP contribution >= 0.6 is 0 Å². The summed E-state index contributed by atoms with van der Waals surface area (Å²) in [7, 11) is 0. The van der Waals surface area contributed by atoms with Crippen molar-refractivity contribution >= 4 is 5.91 Å². The van der Waals surface area contributed by atoms with Crippen LogP contribution in [-0.2, 0) is 4.79 Å². The molecular formula is C22H30N2O3. The standard InChI is InChI=1S/C22H30N2O3/c1-3-17(2)18-9-4-5-10-20(18)27-16-22(25)23-15-19(21-11-8-14-26-21)24-12-6-7-13-24/h4-5,8-11,14,17,19H,3,6-7,12-13,15-16H2,1-2H3,(H,23,25). The third kappa shape index (κ3) is 5.13. The molecule has 1 aromatic heterocycles. The fourth-order valence-corrected chi connectivity index (χ4v) is 3.59. The van der Waals surface area contributed by atoms with E-state index in [1.807, 2.05) is 30.3 Å². The Hall–Kier alpha value is -2.27. The van der Waals surface area contributed by atoms with Gasteiger partial charge in [-0.15, -0.1) is 0 Å². The second kappa shape index (κ2) is 9.60. The average molecular weight is 370 g/mol. The SMILES string of the molecule is CCC(C)c1ccccc1OCC(=O)NCC(c1ccco1)N1CCCC1. The first kappa shape index (κ1) is 19.5. The molecule has 0 aliphatic carbocycles. The van der Waals surface area contributed by atoms with Gasteiger partial charge in [-0.25, -0.2) is 0 Å². The zero-order chi connectivity index (χ0) is 19.1. The average Bonchev–Trinajstić information content (AvgIpc) is 3.41. The summed E-state index contributed by atoms with van der Waals surface area (Å²) >= 11 is 0. The van der Waals surface area contributed by atoms with E-state index in [1.165, 1.54) is 12.8 Å². The number of rotatable bonds is 9. The van der Waals surface area contributed by atoms with Crippen LogP contribution < -0.4 is 10.1 Å². The van der Waals surface area contributed by atoms with Crippen molar-refractivity contribution in [3.63, 3.8) is 0 Å². The van der Waals surface area contributed by atoms with Gasteiger partial charge < -0.3 is 14.5 Å². The predicted molar refractivity (Wildman–Crippen MR) is 106 cm³/mol. The predicted octanol–water partition coefficient (Wildman–Crippen LogP) is 4.13. The molecule has 2 atom stereocenters. The quantitative estimate of drug-likeness (QED) is 0.721. The lowest BCUT2D eigenvalue weighted by atomic mass is 9.98. The molecule has 1 aliphatic heterocycles. The highest BCUT2D eigenvalue weighted by Gasteiger charge is 2.26. The zero-order valence-electron chi connectivity index (χ0n) is 16.3. The van der Waals surface area contributed by atoms with Gasteiger partial charge >= 0.3 is 0 Å². The second-order valence-corrected chi connectivity index (χ2v) is 7.21. The van der Waals surface area contributed by atoms with Crippen LogP contribution in [0.4, 0.5) is 0 Å². The van der Waals surface area contributed by atoms with Crippen LogP contribution in [0.3, 0.4) is 0 Å². The summed E-state index contributed by atoms with van der Waals surface area (Å²) in [5.74, 6) is 2.00. The molecule has 2 aromatic rings. The fourth-order valence-electron chi connectivity index (χ4n) is 3.59. The molecule has 1 aliphatic rings. The zero-order valence-corrected chi connectivity index (χ0v) is 16.3. The maximum Gasteiger partial charge on any atom is 0.258 e. The topological polar surface area (TPSA) is 54.7 Å². The van der Waals surface area contributed by atoms with E-state index >= 15 is 0 Å². The Kier molecular flexibility index (Phi) is 6.93. The number of carbonyl (C=O) groups is 1. The van der Waals surface area contributed by atoms with E-state index in [2.05, 4.69) is 30.1 Å². The lowest BCUT2D eigenvalue weighted by molar-refractivity contribution is -0.123. The molecule has 1 aromatic carbocycles. The normalized spacial score (nSPS) is 16.8. The van der Waals surface area contributed by atoms with Crippen LogP contribution in [0.15, 0.2) is 47.1 Å². The van der Waals surface area contributed by atoms with Crippen LogP contribution in [0.2, 0.25) is 0 Å². The largest absolute Gasteiger partial charge is 0.483 e. The molecule has 0 radical (unpaired) electrons. The minimum Gasteiger partial charge on any atom is -0.483 e. The molecule has 5 nitrogen and oxygen atoms in total. The summed E-state index contributed by atoms with van der Waals surface area (Å²) in [5, 5.41) is 3.02. The molecule has 1 fully saturated rings. The van der Waals surface area contributed by atoms with E-state index in [0.717, 1.165) is 36.6 Å². The first-order chi connectivity index (χ1) is 13.2. The molecule has 1 saturated heterocycles. The Bertz CT molecular complexity index is 708. The van der Waals surface area contributed by atoms with Crippen LogP contribution in [0.25, 0.3) is 0 Å². The smallest absolute Gasteiger partial charge is 0.258 e.